The maximum atomic E-state index is 11.3. The Kier molecular flexibility index (Phi) is 5.67. The van der Waals surface area contributed by atoms with Crippen molar-refractivity contribution in [2.75, 3.05) is 13.7 Å². The third-order valence-electron chi connectivity index (χ3n) is 2.00. The molecule has 0 aromatic rings. The molecule has 0 aliphatic carbocycles. The van der Waals surface area contributed by atoms with Gasteiger partial charge in [-0.3, -0.25) is 9.69 Å². The lowest BCUT2D eigenvalue weighted by atomic mass is 10.3. The van der Waals surface area contributed by atoms with Gasteiger partial charge in [-0.2, -0.15) is 0 Å². The first-order chi connectivity index (χ1) is 6.50. The Hall–Kier alpha value is -1.26. The average molecular weight is 202 g/mol. The second-order valence-electron chi connectivity index (χ2n) is 3.16. The Labute approximate surface area is 84.2 Å². The van der Waals surface area contributed by atoms with Crippen molar-refractivity contribution >= 4 is 12.0 Å². The van der Waals surface area contributed by atoms with Crippen molar-refractivity contribution in [3.05, 3.63) is 0 Å². The predicted octanol–water partition coefficient (Wildman–Crippen LogP) is 0.729. The predicted molar refractivity (Wildman–Crippen MR) is 52.7 cm³/mol. The summed E-state index contributed by atoms with van der Waals surface area (Å²) in [6.45, 7) is 3.94. The number of nitrogens with zero attached hydrogens (tertiary/aromatic N) is 1. The van der Waals surface area contributed by atoms with Crippen LogP contribution in [-0.4, -0.2) is 36.6 Å². The van der Waals surface area contributed by atoms with Gasteiger partial charge in [-0.15, -0.1) is 0 Å². The molecule has 14 heavy (non-hydrogen) atoms. The SMILES string of the molecule is CCCCOC(=O)N(C)C(C)C(N)=O. The maximum Gasteiger partial charge on any atom is 0.410 e. The normalized spacial score (nSPS) is 11.9. The van der Waals surface area contributed by atoms with E-state index >= 15 is 0 Å². The number of primary amides is 1. The van der Waals surface area contributed by atoms with Crippen LogP contribution in [0.5, 0.6) is 0 Å². The van der Waals surface area contributed by atoms with Crippen molar-refractivity contribution in [1.82, 2.24) is 4.90 Å². The number of likely N-dealkylation sites (N-methyl/N-ethyl adjacent to an activating group) is 1. The number of carbonyl (C=O) groups is 2. The number of nitrogens with two attached hydrogens (primary N) is 1. The topological polar surface area (TPSA) is 72.6 Å². The fourth-order valence-corrected chi connectivity index (χ4v) is 0.755. The van der Waals surface area contributed by atoms with Crippen molar-refractivity contribution in [3.63, 3.8) is 0 Å². The molecule has 5 heteroatoms. The van der Waals surface area contributed by atoms with Gasteiger partial charge in [-0.05, 0) is 13.3 Å². The van der Waals surface area contributed by atoms with E-state index in [-0.39, 0.29) is 0 Å². The fraction of sp³-hybridized carbons (Fsp3) is 0.778. The van der Waals surface area contributed by atoms with E-state index in [1.165, 1.54) is 11.9 Å². The number of ether oxygens (including phenoxy) is 1. The highest BCUT2D eigenvalue weighted by molar-refractivity contribution is 5.83. The molecule has 0 radical (unpaired) electrons. The Bertz CT molecular complexity index is 206. The molecule has 0 bridgehead atoms. The molecule has 5 nitrogen and oxygen atoms in total. The lowest BCUT2D eigenvalue weighted by Gasteiger charge is -2.21. The van der Waals surface area contributed by atoms with E-state index in [9.17, 15) is 9.59 Å². The lowest BCUT2D eigenvalue weighted by Crippen LogP contribution is -2.43. The van der Waals surface area contributed by atoms with Crippen molar-refractivity contribution < 1.29 is 14.3 Å². The minimum Gasteiger partial charge on any atom is -0.449 e. The zero-order chi connectivity index (χ0) is 11.1. The Balaban J connectivity index is 3.92. The third kappa shape index (κ3) is 4.11. The first kappa shape index (κ1) is 12.7. The molecule has 0 aromatic heterocycles. The van der Waals surface area contributed by atoms with Gasteiger partial charge in [0.05, 0.1) is 6.61 Å². The van der Waals surface area contributed by atoms with Crippen LogP contribution >= 0.6 is 0 Å². The minimum absolute atomic E-state index is 0.380. The molecule has 2 amide bonds. The number of hydrogen-bond acceptors (Lipinski definition) is 3. The van der Waals surface area contributed by atoms with Gasteiger partial charge >= 0.3 is 6.09 Å². The molecule has 0 spiro atoms. The molecule has 0 rings (SSSR count). The summed E-state index contributed by atoms with van der Waals surface area (Å²) in [4.78, 5) is 23.2. The Morgan fingerprint density at radius 2 is 2.07 bits per heavy atom. The van der Waals surface area contributed by atoms with Gasteiger partial charge < -0.3 is 10.5 Å². The van der Waals surface area contributed by atoms with E-state index in [4.69, 9.17) is 10.5 Å². The molecule has 0 aliphatic heterocycles. The van der Waals surface area contributed by atoms with Gasteiger partial charge in [0.25, 0.3) is 0 Å². The zero-order valence-electron chi connectivity index (χ0n) is 8.95. The lowest BCUT2D eigenvalue weighted by molar-refractivity contribution is -0.121. The Morgan fingerprint density at radius 1 is 1.50 bits per heavy atom. The number of carbonyl (C=O) groups excluding carboxylic acids is 2. The fourth-order valence-electron chi connectivity index (χ4n) is 0.755. The standard InChI is InChI=1S/C9H18N2O3/c1-4-5-6-14-9(13)11(3)7(2)8(10)12/h7H,4-6H2,1-3H3,(H2,10,12). The highest BCUT2D eigenvalue weighted by Crippen LogP contribution is 1.99. The molecule has 0 aromatic carbocycles. The molecular weight excluding hydrogens is 184 g/mol. The second-order valence-corrected chi connectivity index (χ2v) is 3.16. The smallest absolute Gasteiger partial charge is 0.410 e. The van der Waals surface area contributed by atoms with Crippen LogP contribution < -0.4 is 5.73 Å². The van der Waals surface area contributed by atoms with Crippen molar-refractivity contribution in [3.8, 4) is 0 Å². The van der Waals surface area contributed by atoms with E-state index in [0.29, 0.717) is 6.61 Å². The number of rotatable bonds is 5. The summed E-state index contributed by atoms with van der Waals surface area (Å²) in [6, 6.07) is -0.635. The van der Waals surface area contributed by atoms with Gasteiger partial charge in [0.15, 0.2) is 0 Å². The van der Waals surface area contributed by atoms with Crippen molar-refractivity contribution in [1.29, 1.82) is 0 Å². The second kappa shape index (κ2) is 6.23. The summed E-state index contributed by atoms with van der Waals surface area (Å²) >= 11 is 0. The molecule has 0 fully saturated rings. The van der Waals surface area contributed by atoms with E-state index in [1.54, 1.807) is 6.92 Å². The van der Waals surface area contributed by atoms with Crippen LogP contribution in [0.15, 0.2) is 0 Å². The molecule has 0 saturated carbocycles. The summed E-state index contributed by atoms with van der Waals surface area (Å²) in [7, 11) is 1.49. The molecule has 0 saturated heterocycles. The zero-order valence-corrected chi connectivity index (χ0v) is 8.95. The first-order valence-corrected chi connectivity index (χ1v) is 4.69. The van der Waals surface area contributed by atoms with Crippen LogP contribution in [0.4, 0.5) is 4.79 Å². The van der Waals surface area contributed by atoms with Crippen LogP contribution in [0.25, 0.3) is 0 Å². The number of unbranched alkanes of at least 4 members (excludes halogenated alkanes) is 1. The highest BCUT2D eigenvalue weighted by atomic mass is 16.6. The van der Waals surface area contributed by atoms with Gasteiger partial charge in [-0.25, -0.2) is 4.79 Å². The van der Waals surface area contributed by atoms with Crippen molar-refractivity contribution in [2.24, 2.45) is 5.73 Å². The summed E-state index contributed by atoms with van der Waals surface area (Å²) in [6.07, 6.45) is 1.28. The molecule has 1 atom stereocenters. The van der Waals surface area contributed by atoms with Gasteiger partial charge in [-0.1, -0.05) is 13.3 Å². The summed E-state index contributed by atoms with van der Waals surface area (Å²) in [5, 5.41) is 0. The van der Waals surface area contributed by atoms with E-state index in [1.807, 2.05) is 6.92 Å². The van der Waals surface area contributed by atoms with E-state index < -0.39 is 18.0 Å². The molecule has 1 unspecified atom stereocenters. The average Bonchev–Trinajstić information content (AvgIpc) is 2.15. The molecule has 2 N–H and O–H groups in total. The van der Waals surface area contributed by atoms with Crippen LogP contribution in [0.1, 0.15) is 26.7 Å². The number of amides is 2. The summed E-state index contributed by atoms with van der Waals surface area (Å²) in [5.41, 5.74) is 5.04. The largest absolute Gasteiger partial charge is 0.449 e. The van der Waals surface area contributed by atoms with Crippen LogP contribution in [0, 0.1) is 0 Å². The van der Waals surface area contributed by atoms with Crippen LogP contribution in [0.3, 0.4) is 0 Å². The Morgan fingerprint density at radius 3 is 2.50 bits per heavy atom. The molecule has 0 heterocycles. The molecule has 0 aliphatic rings. The monoisotopic (exact) mass is 202 g/mol. The van der Waals surface area contributed by atoms with E-state index in [0.717, 1.165) is 12.8 Å². The van der Waals surface area contributed by atoms with E-state index in [2.05, 4.69) is 0 Å². The molecular formula is C9H18N2O3. The van der Waals surface area contributed by atoms with Crippen LogP contribution in [-0.2, 0) is 9.53 Å². The van der Waals surface area contributed by atoms with Gasteiger partial charge in [0.2, 0.25) is 5.91 Å². The van der Waals surface area contributed by atoms with Crippen LogP contribution in [0.2, 0.25) is 0 Å². The third-order valence-corrected chi connectivity index (χ3v) is 2.00. The first-order valence-electron chi connectivity index (χ1n) is 4.69. The number of hydrogen-bond donors (Lipinski definition) is 1. The van der Waals surface area contributed by atoms with Crippen molar-refractivity contribution in [2.45, 2.75) is 32.7 Å². The highest BCUT2D eigenvalue weighted by Gasteiger charge is 2.20. The maximum absolute atomic E-state index is 11.3. The van der Waals surface area contributed by atoms with Gasteiger partial charge in [0, 0.05) is 7.05 Å². The molecule has 82 valence electrons. The summed E-state index contributed by atoms with van der Waals surface area (Å²) in [5.74, 6) is -0.542. The summed E-state index contributed by atoms with van der Waals surface area (Å²) < 4.78 is 4.89. The quantitative estimate of drug-likeness (QED) is 0.668. The minimum atomic E-state index is -0.635. The van der Waals surface area contributed by atoms with Gasteiger partial charge in [0.1, 0.15) is 6.04 Å².